The van der Waals surface area contributed by atoms with Crippen molar-refractivity contribution in [1.82, 2.24) is 20.1 Å². The van der Waals surface area contributed by atoms with Gasteiger partial charge in [-0.2, -0.15) is 0 Å². The number of pyridine rings is 1. The predicted molar refractivity (Wildman–Crippen MR) is 72.5 cm³/mol. The van der Waals surface area contributed by atoms with E-state index < -0.39 is 0 Å². The van der Waals surface area contributed by atoms with Gasteiger partial charge in [0.05, 0.1) is 5.69 Å². The summed E-state index contributed by atoms with van der Waals surface area (Å²) in [4.78, 5) is 9.72. The van der Waals surface area contributed by atoms with Crippen LogP contribution in [0.15, 0.2) is 18.2 Å². The normalized spacial score (nSPS) is 22.9. The molecule has 18 heavy (non-hydrogen) atoms. The summed E-state index contributed by atoms with van der Waals surface area (Å²) in [5.41, 5.74) is 2.32. The van der Waals surface area contributed by atoms with Crippen molar-refractivity contribution in [3.8, 4) is 0 Å². The Hall–Kier alpha value is -0.970. The zero-order chi connectivity index (χ0) is 12.4. The SMILES string of the molecule is Cc1cccc(CN2CCN(C3CNC3)CC2)n1. The first-order valence-electron chi connectivity index (χ1n) is 6.91. The molecule has 2 aliphatic heterocycles. The van der Waals surface area contributed by atoms with Crippen LogP contribution in [0.3, 0.4) is 0 Å². The summed E-state index contributed by atoms with van der Waals surface area (Å²) < 4.78 is 0. The smallest absolute Gasteiger partial charge is 0.0547 e. The third kappa shape index (κ3) is 2.71. The van der Waals surface area contributed by atoms with Crippen molar-refractivity contribution < 1.29 is 0 Å². The number of nitrogens with zero attached hydrogens (tertiary/aromatic N) is 3. The molecule has 1 N–H and O–H groups in total. The number of rotatable bonds is 3. The second-order valence-corrected chi connectivity index (χ2v) is 5.39. The maximum Gasteiger partial charge on any atom is 0.0547 e. The van der Waals surface area contributed by atoms with Crippen molar-refractivity contribution in [2.45, 2.75) is 19.5 Å². The van der Waals surface area contributed by atoms with Crippen LogP contribution >= 0.6 is 0 Å². The number of hydrogen-bond donors (Lipinski definition) is 1. The van der Waals surface area contributed by atoms with Gasteiger partial charge in [0, 0.05) is 57.5 Å². The lowest BCUT2D eigenvalue weighted by Crippen LogP contribution is -2.61. The molecule has 0 atom stereocenters. The lowest BCUT2D eigenvalue weighted by molar-refractivity contribution is 0.0690. The highest BCUT2D eigenvalue weighted by molar-refractivity contribution is 5.09. The Morgan fingerprint density at radius 3 is 2.61 bits per heavy atom. The van der Waals surface area contributed by atoms with Gasteiger partial charge in [-0.05, 0) is 19.1 Å². The van der Waals surface area contributed by atoms with E-state index in [0.717, 1.165) is 18.3 Å². The van der Waals surface area contributed by atoms with Gasteiger partial charge < -0.3 is 5.32 Å². The molecule has 0 radical (unpaired) electrons. The van der Waals surface area contributed by atoms with Gasteiger partial charge in [0.2, 0.25) is 0 Å². The van der Waals surface area contributed by atoms with Gasteiger partial charge in [-0.3, -0.25) is 14.8 Å². The molecule has 3 heterocycles. The van der Waals surface area contributed by atoms with Crippen LogP contribution < -0.4 is 5.32 Å². The Bertz CT molecular complexity index is 395. The van der Waals surface area contributed by atoms with Crippen LogP contribution in [0.4, 0.5) is 0 Å². The molecule has 0 spiro atoms. The van der Waals surface area contributed by atoms with Crippen molar-refractivity contribution in [2.75, 3.05) is 39.3 Å². The van der Waals surface area contributed by atoms with Crippen LogP contribution in [0, 0.1) is 6.92 Å². The third-order valence-electron chi connectivity index (χ3n) is 4.01. The van der Waals surface area contributed by atoms with Crippen LogP contribution in [-0.4, -0.2) is 60.1 Å². The summed E-state index contributed by atoms with van der Waals surface area (Å²) in [5.74, 6) is 0. The molecule has 4 nitrogen and oxygen atoms in total. The maximum absolute atomic E-state index is 4.58. The van der Waals surface area contributed by atoms with E-state index in [1.165, 1.54) is 45.0 Å². The maximum atomic E-state index is 4.58. The summed E-state index contributed by atoms with van der Waals surface area (Å²) in [6.07, 6.45) is 0. The topological polar surface area (TPSA) is 31.4 Å². The Morgan fingerprint density at radius 1 is 1.22 bits per heavy atom. The molecule has 2 aliphatic rings. The van der Waals surface area contributed by atoms with E-state index >= 15 is 0 Å². The molecular formula is C14H22N4. The van der Waals surface area contributed by atoms with Gasteiger partial charge in [0.25, 0.3) is 0 Å². The van der Waals surface area contributed by atoms with Gasteiger partial charge in [-0.15, -0.1) is 0 Å². The summed E-state index contributed by atoms with van der Waals surface area (Å²) in [5, 5.41) is 3.35. The molecular weight excluding hydrogens is 224 g/mol. The highest BCUT2D eigenvalue weighted by Crippen LogP contribution is 2.11. The first kappa shape index (κ1) is 12.1. The zero-order valence-corrected chi connectivity index (χ0v) is 11.1. The Balaban J connectivity index is 1.50. The summed E-state index contributed by atoms with van der Waals surface area (Å²) in [6.45, 7) is 10.2. The first-order valence-corrected chi connectivity index (χ1v) is 6.91. The van der Waals surface area contributed by atoms with E-state index in [9.17, 15) is 0 Å². The first-order chi connectivity index (χ1) is 8.81. The van der Waals surface area contributed by atoms with E-state index in [4.69, 9.17) is 0 Å². The number of hydrogen-bond acceptors (Lipinski definition) is 4. The molecule has 1 aromatic heterocycles. The van der Waals surface area contributed by atoms with E-state index in [1.807, 2.05) is 0 Å². The monoisotopic (exact) mass is 246 g/mol. The quantitative estimate of drug-likeness (QED) is 0.840. The Morgan fingerprint density at radius 2 is 2.00 bits per heavy atom. The second-order valence-electron chi connectivity index (χ2n) is 5.39. The molecule has 2 saturated heterocycles. The highest BCUT2D eigenvalue weighted by Gasteiger charge is 2.27. The van der Waals surface area contributed by atoms with Gasteiger partial charge in [-0.25, -0.2) is 0 Å². The minimum absolute atomic E-state index is 0.796. The lowest BCUT2D eigenvalue weighted by Gasteiger charge is -2.43. The van der Waals surface area contributed by atoms with Crippen LogP contribution in [-0.2, 0) is 6.54 Å². The van der Waals surface area contributed by atoms with Gasteiger partial charge in [-0.1, -0.05) is 6.07 Å². The molecule has 2 fully saturated rings. The van der Waals surface area contributed by atoms with Crippen LogP contribution in [0.5, 0.6) is 0 Å². The van der Waals surface area contributed by atoms with Crippen LogP contribution in [0.1, 0.15) is 11.4 Å². The minimum Gasteiger partial charge on any atom is -0.314 e. The number of nitrogens with one attached hydrogen (secondary N) is 1. The molecule has 3 rings (SSSR count). The number of aromatic nitrogens is 1. The van der Waals surface area contributed by atoms with Crippen LogP contribution in [0.2, 0.25) is 0 Å². The van der Waals surface area contributed by atoms with E-state index in [0.29, 0.717) is 0 Å². The lowest BCUT2D eigenvalue weighted by atomic mass is 10.1. The highest BCUT2D eigenvalue weighted by atomic mass is 15.3. The van der Waals surface area contributed by atoms with Crippen molar-refractivity contribution in [2.24, 2.45) is 0 Å². The summed E-state index contributed by atoms with van der Waals surface area (Å²) in [6, 6.07) is 7.10. The van der Waals surface area contributed by atoms with E-state index in [-0.39, 0.29) is 0 Å². The summed E-state index contributed by atoms with van der Waals surface area (Å²) >= 11 is 0. The fourth-order valence-electron chi connectivity index (χ4n) is 2.73. The van der Waals surface area contributed by atoms with Gasteiger partial charge in [0.15, 0.2) is 0 Å². The van der Waals surface area contributed by atoms with Crippen molar-refractivity contribution >= 4 is 0 Å². The standard InChI is InChI=1S/C14H22N4/c1-12-3-2-4-13(16-12)11-17-5-7-18(8-6-17)14-9-15-10-14/h2-4,14-15H,5-11H2,1H3. The largest absolute Gasteiger partial charge is 0.314 e. The van der Waals surface area contributed by atoms with Gasteiger partial charge >= 0.3 is 0 Å². The number of aryl methyl sites for hydroxylation is 1. The summed E-state index contributed by atoms with van der Waals surface area (Å²) in [7, 11) is 0. The Kier molecular flexibility index (Phi) is 3.59. The van der Waals surface area contributed by atoms with Crippen LogP contribution in [0.25, 0.3) is 0 Å². The fraction of sp³-hybridized carbons (Fsp3) is 0.643. The molecule has 1 aromatic rings. The van der Waals surface area contributed by atoms with Crippen molar-refractivity contribution in [1.29, 1.82) is 0 Å². The van der Waals surface area contributed by atoms with E-state index in [1.54, 1.807) is 0 Å². The fourth-order valence-corrected chi connectivity index (χ4v) is 2.73. The Labute approximate surface area is 109 Å². The number of piperazine rings is 1. The molecule has 0 aliphatic carbocycles. The zero-order valence-electron chi connectivity index (χ0n) is 11.1. The average molecular weight is 246 g/mol. The third-order valence-corrected chi connectivity index (χ3v) is 4.01. The molecule has 0 bridgehead atoms. The molecule has 0 aromatic carbocycles. The van der Waals surface area contributed by atoms with E-state index in [2.05, 4.69) is 45.2 Å². The minimum atomic E-state index is 0.796. The molecule has 98 valence electrons. The average Bonchev–Trinajstić information content (AvgIpc) is 2.29. The van der Waals surface area contributed by atoms with Gasteiger partial charge in [0.1, 0.15) is 0 Å². The second kappa shape index (κ2) is 5.34. The molecule has 0 amide bonds. The van der Waals surface area contributed by atoms with Crippen molar-refractivity contribution in [3.63, 3.8) is 0 Å². The molecule has 0 unspecified atom stereocenters. The molecule has 4 heteroatoms. The van der Waals surface area contributed by atoms with Crippen molar-refractivity contribution in [3.05, 3.63) is 29.6 Å². The molecule has 0 saturated carbocycles. The predicted octanol–water partition coefficient (Wildman–Crippen LogP) is 0.479.